The summed E-state index contributed by atoms with van der Waals surface area (Å²) in [6, 6.07) is 16.8. The molecule has 0 spiro atoms. The van der Waals surface area contributed by atoms with Crippen LogP contribution in [0.5, 0.6) is 5.75 Å². The fraction of sp³-hybridized carbons (Fsp3) is 0.250. The summed E-state index contributed by atoms with van der Waals surface area (Å²) in [7, 11) is -3.58. The van der Waals surface area contributed by atoms with Crippen molar-refractivity contribution in [2.75, 3.05) is 19.7 Å². The zero-order valence-electron chi connectivity index (χ0n) is 15.2. The van der Waals surface area contributed by atoms with Gasteiger partial charge < -0.3 is 10.1 Å². The number of hydrogen-bond donors (Lipinski definition) is 2. The minimum Gasteiger partial charge on any atom is -0.492 e. The molecule has 0 heterocycles. The first-order chi connectivity index (χ1) is 12.9. The molecule has 2 N–H and O–H groups in total. The van der Waals surface area contributed by atoms with Crippen molar-refractivity contribution in [3.05, 3.63) is 71.1 Å². The number of nitrogens with one attached hydrogen (secondary N) is 2. The van der Waals surface area contributed by atoms with Crippen LogP contribution in [0.25, 0.3) is 6.08 Å². The molecule has 0 aliphatic rings. The molecule has 27 heavy (non-hydrogen) atoms. The molecular formula is C20H24N2O4S. The Morgan fingerprint density at radius 2 is 1.85 bits per heavy atom. The smallest absolute Gasteiger partial charge is 0.233 e. The summed E-state index contributed by atoms with van der Waals surface area (Å²) in [5.74, 6) is 0.514. The fourth-order valence-corrected chi connectivity index (χ4v) is 3.06. The van der Waals surface area contributed by atoms with E-state index in [4.69, 9.17) is 4.74 Å². The molecule has 0 bridgehead atoms. The van der Waals surface area contributed by atoms with Crippen molar-refractivity contribution in [2.24, 2.45) is 0 Å². The first kappa shape index (κ1) is 20.7. The standard InChI is InChI=1S/C20H24N2O4S/c1-17-6-5-9-19(16-17)26-14-13-21-20(23)10-12-22-27(24,25)15-11-18-7-3-2-4-8-18/h2-9,11,15-16,22H,10,12-14H2,1H3,(H,21,23)/b15-11+. The highest BCUT2D eigenvalue weighted by molar-refractivity contribution is 7.92. The predicted octanol–water partition coefficient (Wildman–Crippen LogP) is 2.47. The molecule has 0 radical (unpaired) electrons. The summed E-state index contributed by atoms with van der Waals surface area (Å²) in [6.45, 7) is 2.71. The van der Waals surface area contributed by atoms with E-state index in [1.807, 2.05) is 49.4 Å². The Kier molecular flexibility index (Phi) is 8.03. The van der Waals surface area contributed by atoms with Crippen LogP contribution in [0.2, 0.25) is 0 Å². The van der Waals surface area contributed by atoms with Gasteiger partial charge in [0, 0.05) is 18.4 Å². The van der Waals surface area contributed by atoms with E-state index in [0.29, 0.717) is 13.2 Å². The molecule has 2 aromatic carbocycles. The zero-order valence-corrected chi connectivity index (χ0v) is 16.0. The summed E-state index contributed by atoms with van der Waals surface area (Å²) >= 11 is 0. The molecule has 2 aromatic rings. The highest BCUT2D eigenvalue weighted by atomic mass is 32.2. The highest BCUT2D eigenvalue weighted by Gasteiger charge is 2.07. The van der Waals surface area contributed by atoms with Crippen LogP contribution < -0.4 is 14.8 Å². The molecule has 0 atom stereocenters. The second kappa shape index (κ2) is 10.5. The number of sulfonamides is 1. The van der Waals surface area contributed by atoms with Gasteiger partial charge >= 0.3 is 0 Å². The zero-order chi connectivity index (χ0) is 19.5. The normalized spacial score (nSPS) is 11.4. The van der Waals surface area contributed by atoms with Crippen molar-refractivity contribution in [1.82, 2.24) is 10.0 Å². The maximum atomic E-state index is 11.9. The van der Waals surface area contributed by atoms with Crippen LogP contribution in [0.3, 0.4) is 0 Å². The number of carbonyl (C=O) groups is 1. The first-order valence-corrected chi connectivity index (χ1v) is 10.2. The Hall–Kier alpha value is -2.64. The molecule has 6 nitrogen and oxygen atoms in total. The monoisotopic (exact) mass is 388 g/mol. The molecule has 0 saturated heterocycles. The lowest BCUT2D eigenvalue weighted by Gasteiger charge is -2.08. The average molecular weight is 388 g/mol. The Morgan fingerprint density at radius 1 is 1.07 bits per heavy atom. The van der Waals surface area contributed by atoms with Crippen LogP contribution in [0.1, 0.15) is 17.5 Å². The van der Waals surface area contributed by atoms with Gasteiger partial charge in [0.15, 0.2) is 0 Å². The highest BCUT2D eigenvalue weighted by Crippen LogP contribution is 2.11. The molecule has 7 heteroatoms. The lowest BCUT2D eigenvalue weighted by Crippen LogP contribution is -2.32. The summed E-state index contributed by atoms with van der Waals surface area (Å²) in [5, 5.41) is 3.79. The number of amides is 1. The number of carbonyl (C=O) groups excluding carboxylic acids is 1. The number of ether oxygens (including phenoxy) is 1. The third-order valence-corrected chi connectivity index (χ3v) is 4.68. The van der Waals surface area contributed by atoms with Crippen LogP contribution in [0.15, 0.2) is 60.0 Å². The van der Waals surface area contributed by atoms with Crippen LogP contribution in [0, 0.1) is 6.92 Å². The van der Waals surface area contributed by atoms with Crippen molar-refractivity contribution in [3.8, 4) is 5.75 Å². The van der Waals surface area contributed by atoms with Crippen molar-refractivity contribution < 1.29 is 17.9 Å². The van der Waals surface area contributed by atoms with E-state index in [0.717, 1.165) is 22.3 Å². The molecule has 2 rings (SSSR count). The second-order valence-corrected chi connectivity index (χ2v) is 7.57. The first-order valence-electron chi connectivity index (χ1n) is 8.63. The van der Waals surface area contributed by atoms with Gasteiger partial charge in [0.25, 0.3) is 0 Å². The topological polar surface area (TPSA) is 84.5 Å². The minimum atomic E-state index is -3.58. The van der Waals surface area contributed by atoms with Crippen LogP contribution in [0.4, 0.5) is 0 Å². The summed E-state index contributed by atoms with van der Waals surface area (Å²) in [5.41, 5.74) is 1.89. The Balaban J connectivity index is 1.63. The average Bonchev–Trinajstić information content (AvgIpc) is 2.64. The summed E-state index contributed by atoms with van der Waals surface area (Å²) < 4.78 is 31.7. The molecule has 144 valence electrons. The van der Waals surface area contributed by atoms with Crippen molar-refractivity contribution in [1.29, 1.82) is 0 Å². The van der Waals surface area contributed by atoms with Gasteiger partial charge in [-0.1, -0.05) is 42.5 Å². The van der Waals surface area contributed by atoms with E-state index in [-0.39, 0.29) is 18.9 Å². The van der Waals surface area contributed by atoms with E-state index in [2.05, 4.69) is 10.0 Å². The van der Waals surface area contributed by atoms with Gasteiger partial charge in [-0.25, -0.2) is 13.1 Å². The van der Waals surface area contributed by atoms with Gasteiger partial charge in [0.2, 0.25) is 15.9 Å². The Labute approximate surface area is 160 Å². The Morgan fingerprint density at radius 3 is 2.59 bits per heavy atom. The van der Waals surface area contributed by atoms with Crippen LogP contribution >= 0.6 is 0 Å². The second-order valence-electron chi connectivity index (χ2n) is 5.92. The van der Waals surface area contributed by atoms with E-state index < -0.39 is 10.0 Å². The van der Waals surface area contributed by atoms with Gasteiger partial charge in [-0.3, -0.25) is 4.79 Å². The van der Waals surface area contributed by atoms with Crippen LogP contribution in [-0.2, 0) is 14.8 Å². The molecule has 0 saturated carbocycles. The largest absolute Gasteiger partial charge is 0.492 e. The van der Waals surface area contributed by atoms with Gasteiger partial charge in [-0.2, -0.15) is 0 Å². The lowest BCUT2D eigenvalue weighted by atomic mass is 10.2. The predicted molar refractivity (Wildman–Crippen MR) is 107 cm³/mol. The van der Waals surface area contributed by atoms with Gasteiger partial charge in [0.05, 0.1) is 6.54 Å². The maximum absolute atomic E-state index is 11.9. The van der Waals surface area contributed by atoms with Crippen molar-refractivity contribution >= 4 is 22.0 Å². The lowest BCUT2D eigenvalue weighted by molar-refractivity contribution is -0.121. The number of benzene rings is 2. The maximum Gasteiger partial charge on any atom is 0.233 e. The number of aryl methyl sites for hydroxylation is 1. The summed E-state index contributed by atoms with van der Waals surface area (Å²) in [6.07, 6.45) is 1.56. The van der Waals surface area contributed by atoms with E-state index in [1.165, 1.54) is 6.08 Å². The summed E-state index contributed by atoms with van der Waals surface area (Å²) in [4.78, 5) is 11.8. The molecule has 1 amide bonds. The molecule has 0 aliphatic carbocycles. The third-order valence-electron chi connectivity index (χ3n) is 3.58. The Bertz CT molecular complexity index is 865. The fourth-order valence-electron chi connectivity index (χ4n) is 2.24. The van der Waals surface area contributed by atoms with Crippen molar-refractivity contribution in [2.45, 2.75) is 13.3 Å². The van der Waals surface area contributed by atoms with Gasteiger partial charge in [-0.15, -0.1) is 0 Å². The number of rotatable bonds is 10. The van der Waals surface area contributed by atoms with E-state index in [9.17, 15) is 13.2 Å². The minimum absolute atomic E-state index is 0.0338. The molecule has 0 unspecified atom stereocenters. The third kappa shape index (κ3) is 8.52. The van der Waals surface area contributed by atoms with Gasteiger partial charge in [0.1, 0.15) is 12.4 Å². The van der Waals surface area contributed by atoms with Crippen LogP contribution in [-0.4, -0.2) is 34.0 Å². The SMILES string of the molecule is Cc1cccc(OCCNC(=O)CCNS(=O)(=O)/C=C/c2ccccc2)c1. The number of hydrogen-bond acceptors (Lipinski definition) is 4. The van der Waals surface area contributed by atoms with E-state index >= 15 is 0 Å². The van der Waals surface area contributed by atoms with E-state index in [1.54, 1.807) is 12.1 Å². The van der Waals surface area contributed by atoms with Gasteiger partial charge in [-0.05, 0) is 36.3 Å². The molecule has 0 aromatic heterocycles. The molecule has 0 fully saturated rings. The quantitative estimate of drug-likeness (QED) is 0.613. The van der Waals surface area contributed by atoms with Crippen molar-refractivity contribution in [3.63, 3.8) is 0 Å². The molecule has 0 aliphatic heterocycles. The molecular weight excluding hydrogens is 364 g/mol.